The lowest BCUT2D eigenvalue weighted by Crippen LogP contribution is -2.30. The van der Waals surface area contributed by atoms with Crippen molar-refractivity contribution < 1.29 is 19.7 Å². The van der Waals surface area contributed by atoms with Crippen LogP contribution in [0.1, 0.15) is 12.0 Å². The Hall–Kier alpha value is -1.71. The normalized spacial score (nSPS) is 19.6. The highest BCUT2D eigenvalue weighted by Crippen LogP contribution is 2.30. The first-order valence-corrected chi connectivity index (χ1v) is 4.38. The molecule has 0 bridgehead atoms. The quantitative estimate of drug-likeness (QED) is 0.704. The van der Waals surface area contributed by atoms with Crippen LogP contribution in [0.2, 0.25) is 0 Å². The molecule has 0 aliphatic carbocycles. The van der Waals surface area contributed by atoms with Crippen molar-refractivity contribution in [3.63, 3.8) is 0 Å². The predicted octanol–water partition coefficient (Wildman–Crippen LogP) is 1.17. The fourth-order valence-corrected chi connectivity index (χ4v) is 1.53. The summed E-state index contributed by atoms with van der Waals surface area (Å²) in [7, 11) is 0. The number of rotatable bonds is 1. The first kappa shape index (κ1) is 8.87. The molecule has 0 fully saturated rings. The van der Waals surface area contributed by atoms with Gasteiger partial charge in [0.2, 0.25) is 0 Å². The zero-order valence-corrected chi connectivity index (χ0v) is 7.43. The monoisotopic (exact) mass is 194 g/mol. The van der Waals surface area contributed by atoms with Gasteiger partial charge in [0, 0.05) is 6.07 Å². The van der Waals surface area contributed by atoms with Crippen LogP contribution in [0.5, 0.6) is 11.5 Å². The number of benzene rings is 1. The lowest BCUT2D eigenvalue weighted by Gasteiger charge is -2.22. The van der Waals surface area contributed by atoms with E-state index in [1.54, 1.807) is 12.1 Å². The Kier molecular flexibility index (Phi) is 2.04. The van der Waals surface area contributed by atoms with Crippen LogP contribution >= 0.6 is 0 Å². The van der Waals surface area contributed by atoms with E-state index in [2.05, 4.69) is 0 Å². The van der Waals surface area contributed by atoms with Crippen LogP contribution < -0.4 is 4.74 Å². The number of hydrogen-bond acceptors (Lipinski definition) is 3. The SMILES string of the molecule is O=C(O)C1CCc2ccc(O)cc2O1. The zero-order valence-electron chi connectivity index (χ0n) is 7.43. The lowest BCUT2D eigenvalue weighted by molar-refractivity contribution is -0.145. The van der Waals surface area contributed by atoms with Crippen LogP contribution in [-0.2, 0) is 11.2 Å². The minimum absolute atomic E-state index is 0.0924. The number of carboxylic acids is 1. The maximum absolute atomic E-state index is 10.7. The Bertz CT molecular complexity index is 372. The second kappa shape index (κ2) is 3.21. The number of aryl methyl sites for hydroxylation is 1. The van der Waals surface area contributed by atoms with E-state index < -0.39 is 12.1 Å². The summed E-state index contributed by atoms with van der Waals surface area (Å²) in [5, 5.41) is 17.9. The Morgan fingerprint density at radius 3 is 3.00 bits per heavy atom. The summed E-state index contributed by atoms with van der Waals surface area (Å²) in [5.41, 5.74) is 0.945. The summed E-state index contributed by atoms with van der Waals surface area (Å²) < 4.78 is 5.21. The number of phenols is 1. The van der Waals surface area contributed by atoms with Crippen molar-refractivity contribution >= 4 is 5.97 Å². The molecule has 0 saturated heterocycles. The molecule has 2 rings (SSSR count). The third kappa shape index (κ3) is 1.51. The van der Waals surface area contributed by atoms with E-state index in [0.29, 0.717) is 18.6 Å². The Morgan fingerprint density at radius 1 is 1.50 bits per heavy atom. The molecule has 1 unspecified atom stereocenters. The second-order valence-electron chi connectivity index (χ2n) is 3.28. The van der Waals surface area contributed by atoms with Gasteiger partial charge in [0.1, 0.15) is 11.5 Å². The lowest BCUT2D eigenvalue weighted by atomic mass is 10.0. The van der Waals surface area contributed by atoms with Crippen molar-refractivity contribution in [1.82, 2.24) is 0 Å². The summed E-state index contributed by atoms with van der Waals surface area (Å²) in [4.78, 5) is 10.7. The predicted molar refractivity (Wildman–Crippen MR) is 48.5 cm³/mol. The number of carboxylic acid groups (broad SMARTS) is 1. The molecule has 14 heavy (non-hydrogen) atoms. The van der Waals surface area contributed by atoms with Gasteiger partial charge < -0.3 is 14.9 Å². The van der Waals surface area contributed by atoms with Crippen molar-refractivity contribution in [3.05, 3.63) is 23.8 Å². The molecule has 1 atom stereocenters. The van der Waals surface area contributed by atoms with E-state index in [4.69, 9.17) is 9.84 Å². The highest BCUT2D eigenvalue weighted by Gasteiger charge is 2.25. The highest BCUT2D eigenvalue weighted by atomic mass is 16.5. The number of aliphatic carboxylic acids is 1. The fraction of sp³-hybridized carbons (Fsp3) is 0.300. The molecule has 2 N–H and O–H groups in total. The van der Waals surface area contributed by atoms with Crippen molar-refractivity contribution in [3.8, 4) is 11.5 Å². The van der Waals surface area contributed by atoms with Crippen molar-refractivity contribution in [2.24, 2.45) is 0 Å². The summed E-state index contributed by atoms with van der Waals surface area (Å²) in [6.45, 7) is 0. The number of aromatic hydroxyl groups is 1. The molecule has 4 nitrogen and oxygen atoms in total. The fourth-order valence-electron chi connectivity index (χ4n) is 1.53. The van der Waals surface area contributed by atoms with Gasteiger partial charge in [-0.1, -0.05) is 6.07 Å². The molecule has 4 heteroatoms. The van der Waals surface area contributed by atoms with Gasteiger partial charge in [-0.05, 0) is 24.5 Å². The molecule has 0 radical (unpaired) electrons. The molecular formula is C10H10O4. The van der Waals surface area contributed by atoms with Gasteiger partial charge in [-0.15, -0.1) is 0 Å². The van der Waals surface area contributed by atoms with E-state index in [1.165, 1.54) is 6.07 Å². The Morgan fingerprint density at radius 2 is 2.29 bits per heavy atom. The Labute approximate surface area is 80.7 Å². The molecule has 0 aromatic heterocycles. The molecule has 0 saturated carbocycles. The van der Waals surface area contributed by atoms with Gasteiger partial charge in [0.15, 0.2) is 6.10 Å². The number of hydrogen-bond donors (Lipinski definition) is 2. The Balaban J connectivity index is 2.29. The standard InChI is InChI=1S/C10H10O4/c11-7-3-1-6-2-4-8(10(12)13)14-9(6)5-7/h1,3,5,8,11H,2,4H2,(H,12,13). The molecule has 1 aromatic rings. The third-order valence-electron chi connectivity index (χ3n) is 2.27. The molecule has 74 valence electrons. The number of carbonyl (C=O) groups is 1. The molecular weight excluding hydrogens is 184 g/mol. The minimum atomic E-state index is -0.959. The topological polar surface area (TPSA) is 66.8 Å². The first-order chi connectivity index (χ1) is 6.66. The number of phenolic OH excluding ortho intramolecular Hbond substituents is 1. The van der Waals surface area contributed by atoms with Gasteiger partial charge >= 0.3 is 5.97 Å². The summed E-state index contributed by atoms with van der Waals surface area (Å²) in [5.74, 6) is -0.391. The van der Waals surface area contributed by atoms with Crippen LogP contribution in [-0.4, -0.2) is 22.3 Å². The molecule has 0 spiro atoms. The van der Waals surface area contributed by atoms with E-state index in [-0.39, 0.29) is 5.75 Å². The smallest absolute Gasteiger partial charge is 0.344 e. The van der Waals surface area contributed by atoms with E-state index in [9.17, 15) is 9.90 Å². The van der Waals surface area contributed by atoms with Crippen LogP contribution in [0, 0.1) is 0 Å². The van der Waals surface area contributed by atoms with Gasteiger partial charge in [0.05, 0.1) is 0 Å². The maximum atomic E-state index is 10.7. The summed E-state index contributed by atoms with van der Waals surface area (Å²) in [6.07, 6.45) is 0.365. The molecule has 1 heterocycles. The van der Waals surface area contributed by atoms with Crippen molar-refractivity contribution in [2.45, 2.75) is 18.9 Å². The highest BCUT2D eigenvalue weighted by molar-refractivity contribution is 5.73. The number of ether oxygens (including phenoxy) is 1. The van der Waals surface area contributed by atoms with Crippen LogP contribution in [0.4, 0.5) is 0 Å². The largest absolute Gasteiger partial charge is 0.508 e. The first-order valence-electron chi connectivity index (χ1n) is 4.38. The summed E-state index contributed by atoms with van der Waals surface area (Å²) in [6, 6.07) is 4.77. The second-order valence-corrected chi connectivity index (χ2v) is 3.28. The third-order valence-corrected chi connectivity index (χ3v) is 2.27. The molecule has 1 aliphatic rings. The number of fused-ring (bicyclic) bond motifs is 1. The average Bonchev–Trinajstić information content (AvgIpc) is 2.16. The average molecular weight is 194 g/mol. The van der Waals surface area contributed by atoms with Crippen molar-refractivity contribution in [1.29, 1.82) is 0 Å². The van der Waals surface area contributed by atoms with Gasteiger partial charge in [0.25, 0.3) is 0 Å². The minimum Gasteiger partial charge on any atom is -0.508 e. The van der Waals surface area contributed by atoms with Crippen LogP contribution in [0.15, 0.2) is 18.2 Å². The summed E-state index contributed by atoms with van der Waals surface area (Å²) >= 11 is 0. The van der Waals surface area contributed by atoms with E-state index >= 15 is 0 Å². The molecule has 1 aliphatic heterocycles. The van der Waals surface area contributed by atoms with Crippen molar-refractivity contribution in [2.75, 3.05) is 0 Å². The van der Waals surface area contributed by atoms with E-state index in [0.717, 1.165) is 5.56 Å². The van der Waals surface area contributed by atoms with Crippen LogP contribution in [0.25, 0.3) is 0 Å². The van der Waals surface area contributed by atoms with Gasteiger partial charge in [-0.25, -0.2) is 4.79 Å². The maximum Gasteiger partial charge on any atom is 0.344 e. The zero-order chi connectivity index (χ0) is 10.1. The molecule has 1 aromatic carbocycles. The van der Waals surface area contributed by atoms with Gasteiger partial charge in [-0.3, -0.25) is 0 Å². The van der Waals surface area contributed by atoms with Crippen LogP contribution in [0.3, 0.4) is 0 Å². The van der Waals surface area contributed by atoms with E-state index in [1.807, 2.05) is 0 Å². The van der Waals surface area contributed by atoms with Gasteiger partial charge in [-0.2, -0.15) is 0 Å². The molecule has 0 amide bonds.